The second-order valence-corrected chi connectivity index (χ2v) is 4.38. The van der Waals surface area contributed by atoms with Crippen LogP contribution in [0.1, 0.15) is 23.6 Å². The predicted octanol–water partition coefficient (Wildman–Crippen LogP) is 1.57. The lowest BCUT2D eigenvalue weighted by molar-refractivity contribution is 0.481. The molecule has 2 aromatic rings. The molecule has 0 radical (unpaired) electrons. The van der Waals surface area contributed by atoms with Gasteiger partial charge in [-0.15, -0.1) is 5.10 Å². The zero-order valence-corrected chi connectivity index (χ0v) is 9.72. The molecular formula is C12H15N5. The fourth-order valence-corrected chi connectivity index (χ4v) is 2.31. The van der Waals surface area contributed by atoms with Crippen LogP contribution in [0.4, 0.5) is 11.9 Å². The lowest BCUT2D eigenvalue weighted by Gasteiger charge is -2.24. The Hall–Kier alpha value is -2.04. The van der Waals surface area contributed by atoms with Gasteiger partial charge in [-0.25, -0.2) is 4.68 Å². The van der Waals surface area contributed by atoms with E-state index in [0.29, 0.717) is 5.95 Å². The maximum absolute atomic E-state index is 5.65. The summed E-state index contributed by atoms with van der Waals surface area (Å²) in [5.74, 6) is 1.09. The molecule has 88 valence electrons. The van der Waals surface area contributed by atoms with Gasteiger partial charge in [0.15, 0.2) is 0 Å². The summed E-state index contributed by atoms with van der Waals surface area (Å²) in [6, 6.07) is 8.73. The summed E-state index contributed by atoms with van der Waals surface area (Å²) < 4.78 is 1.88. The Labute approximate surface area is 99.7 Å². The normalized spacial score (nSPS) is 18.5. The monoisotopic (exact) mass is 229 g/mol. The van der Waals surface area contributed by atoms with E-state index in [1.807, 2.05) is 4.68 Å². The van der Waals surface area contributed by atoms with E-state index in [1.54, 1.807) is 0 Å². The van der Waals surface area contributed by atoms with Crippen LogP contribution in [0.15, 0.2) is 24.3 Å². The van der Waals surface area contributed by atoms with Gasteiger partial charge in [-0.05, 0) is 18.9 Å². The average Bonchev–Trinajstić information content (AvgIpc) is 2.68. The summed E-state index contributed by atoms with van der Waals surface area (Å²) in [7, 11) is 0. The van der Waals surface area contributed by atoms with Crippen molar-refractivity contribution in [3.8, 4) is 0 Å². The fraction of sp³-hybridized carbons (Fsp3) is 0.333. The first-order valence-electron chi connectivity index (χ1n) is 5.76. The standard InChI is InChI=1S/C12H15N5/c1-8-3-2-4-9(7-8)10-5-6-14-12-15-11(13)16-17(10)12/h2-4,7,10H,5-6H2,1H3,(H3,13,14,15,16). The first-order valence-corrected chi connectivity index (χ1v) is 5.76. The van der Waals surface area contributed by atoms with Crippen molar-refractivity contribution >= 4 is 11.9 Å². The van der Waals surface area contributed by atoms with Crippen LogP contribution in [0.3, 0.4) is 0 Å². The Kier molecular flexibility index (Phi) is 2.24. The Balaban J connectivity index is 2.05. The molecule has 0 saturated heterocycles. The second-order valence-electron chi connectivity index (χ2n) is 4.38. The van der Waals surface area contributed by atoms with E-state index in [2.05, 4.69) is 46.6 Å². The maximum atomic E-state index is 5.65. The summed E-state index contributed by atoms with van der Waals surface area (Å²) in [6.45, 7) is 3.00. The molecular weight excluding hydrogens is 214 g/mol. The van der Waals surface area contributed by atoms with Gasteiger partial charge >= 0.3 is 0 Å². The van der Waals surface area contributed by atoms with Crippen LogP contribution >= 0.6 is 0 Å². The lowest BCUT2D eigenvalue weighted by Crippen LogP contribution is -2.24. The number of nitrogen functional groups attached to an aromatic ring is 1. The van der Waals surface area contributed by atoms with E-state index in [-0.39, 0.29) is 6.04 Å². The quantitative estimate of drug-likeness (QED) is 0.779. The molecule has 1 aromatic carbocycles. The number of fused-ring (bicyclic) bond motifs is 1. The molecule has 3 N–H and O–H groups in total. The molecule has 0 spiro atoms. The van der Waals surface area contributed by atoms with Gasteiger partial charge in [0, 0.05) is 6.54 Å². The number of nitrogens with two attached hydrogens (primary N) is 1. The van der Waals surface area contributed by atoms with Crippen LogP contribution in [0.25, 0.3) is 0 Å². The lowest BCUT2D eigenvalue weighted by atomic mass is 10.0. The van der Waals surface area contributed by atoms with Gasteiger partial charge in [0.1, 0.15) is 0 Å². The van der Waals surface area contributed by atoms with E-state index in [1.165, 1.54) is 11.1 Å². The van der Waals surface area contributed by atoms with Crippen LogP contribution in [0.5, 0.6) is 0 Å². The number of anilines is 2. The van der Waals surface area contributed by atoms with Crippen molar-refractivity contribution in [2.45, 2.75) is 19.4 Å². The van der Waals surface area contributed by atoms with Gasteiger partial charge < -0.3 is 11.1 Å². The zero-order chi connectivity index (χ0) is 11.8. The number of nitrogens with zero attached hydrogens (tertiary/aromatic N) is 3. The van der Waals surface area contributed by atoms with Crippen molar-refractivity contribution < 1.29 is 0 Å². The molecule has 1 aliphatic rings. The zero-order valence-electron chi connectivity index (χ0n) is 9.72. The third-order valence-corrected chi connectivity index (χ3v) is 3.07. The van der Waals surface area contributed by atoms with Crippen molar-refractivity contribution in [2.24, 2.45) is 0 Å². The second kappa shape index (κ2) is 3.76. The van der Waals surface area contributed by atoms with Gasteiger partial charge in [-0.1, -0.05) is 29.8 Å². The highest BCUT2D eigenvalue weighted by Crippen LogP contribution is 2.28. The van der Waals surface area contributed by atoms with Gasteiger partial charge in [0.25, 0.3) is 0 Å². The molecule has 0 fully saturated rings. The highest BCUT2D eigenvalue weighted by molar-refractivity contribution is 5.37. The molecule has 5 nitrogen and oxygen atoms in total. The molecule has 5 heteroatoms. The van der Waals surface area contributed by atoms with Crippen molar-refractivity contribution in [3.05, 3.63) is 35.4 Å². The largest absolute Gasteiger partial charge is 0.366 e. The number of benzene rings is 1. The van der Waals surface area contributed by atoms with Crippen molar-refractivity contribution in [2.75, 3.05) is 17.6 Å². The Bertz CT molecular complexity index is 546. The van der Waals surface area contributed by atoms with Crippen LogP contribution in [0.2, 0.25) is 0 Å². The summed E-state index contributed by atoms with van der Waals surface area (Å²) in [5, 5.41) is 7.47. The fourth-order valence-electron chi connectivity index (χ4n) is 2.31. The van der Waals surface area contributed by atoms with Gasteiger partial charge in [0.05, 0.1) is 6.04 Å². The molecule has 3 rings (SSSR count). The Morgan fingerprint density at radius 3 is 3.18 bits per heavy atom. The molecule has 0 saturated carbocycles. The molecule has 0 bridgehead atoms. The minimum Gasteiger partial charge on any atom is -0.366 e. The third kappa shape index (κ3) is 1.73. The minimum absolute atomic E-state index is 0.232. The van der Waals surface area contributed by atoms with Crippen molar-refractivity contribution in [1.82, 2.24) is 14.8 Å². The first kappa shape index (κ1) is 10.1. The smallest absolute Gasteiger partial charge is 0.241 e. The third-order valence-electron chi connectivity index (χ3n) is 3.07. The highest BCUT2D eigenvalue weighted by Gasteiger charge is 2.23. The Morgan fingerprint density at radius 2 is 2.35 bits per heavy atom. The number of hydrogen-bond donors (Lipinski definition) is 2. The number of aryl methyl sites for hydroxylation is 1. The molecule has 0 amide bonds. The Morgan fingerprint density at radius 1 is 1.47 bits per heavy atom. The molecule has 1 unspecified atom stereocenters. The summed E-state index contributed by atoms with van der Waals surface area (Å²) in [5.41, 5.74) is 8.17. The number of aromatic nitrogens is 3. The summed E-state index contributed by atoms with van der Waals surface area (Å²) >= 11 is 0. The topological polar surface area (TPSA) is 68.8 Å². The molecule has 0 aliphatic carbocycles. The van der Waals surface area contributed by atoms with Gasteiger partial charge in [0.2, 0.25) is 11.9 Å². The van der Waals surface area contributed by atoms with Gasteiger partial charge in [-0.2, -0.15) is 4.98 Å². The van der Waals surface area contributed by atoms with Crippen LogP contribution < -0.4 is 11.1 Å². The summed E-state index contributed by atoms with van der Waals surface area (Å²) in [6.07, 6.45) is 0.999. The van der Waals surface area contributed by atoms with E-state index in [4.69, 9.17) is 5.73 Å². The minimum atomic E-state index is 0.232. The number of nitrogens with one attached hydrogen (secondary N) is 1. The van der Waals surface area contributed by atoms with E-state index >= 15 is 0 Å². The van der Waals surface area contributed by atoms with Crippen LogP contribution in [0, 0.1) is 6.92 Å². The van der Waals surface area contributed by atoms with Crippen LogP contribution in [-0.2, 0) is 0 Å². The summed E-state index contributed by atoms with van der Waals surface area (Å²) in [4.78, 5) is 4.17. The van der Waals surface area contributed by atoms with E-state index in [9.17, 15) is 0 Å². The van der Waals surface area contributed by atoms with E-state index < -0.39 is 0 Å². The number of hydrogen-bond acceptors (Lipinski definition) is 4. The molecule has 1 atom stereocenters. The van der Waals surface area contributed by atoms with Crippen molar-refractivity contribution in [1.29, 1.82) is 0 Å². The molecule has 1 aliphatic heterocycles. The van der Waals surface area contributed by atoms with E-state index in [0.717, 1.165) is 18.9 Å². The number of rotatable bonds is 1. The van der Waals surface area contributed by atoms with Crippen LogP contribution in [-0.4, -0.2) is 21.3 Å². The maximum Gasteiger partial charge on any atom is 0.241 e. The van der Waals surface area contributed by atoms with Gasteiger partial charge in [-0.3, -0.25) is 0 Å². The SMILES string of the molecule is Cc1cccc(C2CCNc3nc(N)nn32)c1. The first-order chi connectivity index (χ1) is 8.24. The molecule has 17 heavy (non-hydrogen) atoms. The van der Waals surface area contributed by atoms with Crippen molar-refractivity contribution in [3.63, 3.8) is 0 Å². The predicted molar refractivity (Wildman–Crippen MR) is 66.9 cm³/mol. The molecule has 2 heterocycles. The highest BCUT2D eigenvalue weighted by atomic mass is 15.4. The molecule has 1 aromatic heterocycles. The average molecular weight is 229 g/mol.